The Bertz CT molecular complexity index is 816. The largest absolute Gasteiger partial charge is 0.497 e. The molecule has 2 aromatic rings. The zero-order valence-corrected chi connectivity index (χ0v) is 16.0. The monoisotopic (exact) mass is 375 g/mol. The first-order valence-corrected chi connectivity index (χ1v) is 10.3. The third kappa shape index (κ3) is 3.86. The molecule has 1 aliphatic rings. The number of rotatable bonds is 5. The molecule has 26 heavy (non-hydrogen) atoms. The predicted octanol–water partition coefficient (Wildman–Crippen LogP) is 4.01. The van der Waals surface area contributed by atoms with E-state index in [9.17, 15) is 8.42 Å². The fraction of sp³-hybridized carbons (Fsp3) is 0.400. The summed E-state index contributed by atoms with van der Waals surface area (Å²) in [7, 11) is -0.383. The molecule has 6 heteroatoms. The van der Waals surface area contributed by atoms with Crippen LogP contribution in [0.5, 0.6) is 11.5 Å². The van der Waals surface area contributed by atoms with E-state index < -0.39 is 10.0 Å². The fourth-order valence-corrected chi connectivity index (χ4v) is 5.09. The zero-order chi connectivity index (χ0) is 18.6. The van der Waals surface area contributed by atoms with Crippen LogP contribution in [0.1, 0.15) is 37.3 Å². The van der Waals surface area contributed by atoms with E-state index in [0.29, 0.717) is 17.2 Å². The molecule has 0 aromatic heterocycles. The molecule has 0 aliphatic carbocycles. The van der Waals surface area contributed by atoms with E-state index in [1.165, 1.54) is 0 Å². The summed E-state index contributed by atoms with van der Waals surface area (Å²) in [4.78, 5) is 0.304. The molecule has 3 rings (SSSR count). The average Bonchev–Trinajstić information content (AvgIpc) is 2.95. The molecule has 1 aliphatic heterocycles. The van der Waals surface area contributed by atoms with Crippen LogP contribution >= 0.6 is 0 Å². The highest BCUT2D eigenvalue weighted by Gasteiger charge is 2.33. The van der Waals surface area contributed by atoms with Gasteiger partial charge in [0.25, 0.3) is 0 Å². The highest BCUT2D eigenvalue weighted by atomic mass is 32.2. The molecule has 5 nitrogen and oxygen atoms in total. The van der Waals surface area contributed by atoms with Crippen LogP contribution in [0.4, 0.5) is 0 Å². The van der Waals surface area contributed by atoms with Crippen LogP contribution in [-0.2, 0) is 10.0 Å². The third-order valence-corrected chi connectivity index (χ3v) is 6.79. The van der Waals surface area contributed by atoms with Gasteiger partial charge in [-0.05, 0) is 54.8 Å². The Morgan fingerprint density at radius 2 is 1.42 bits per heavy atom. The van der Waals surface area contributed by atoms with E-state index in [2.05, 4.69) is 0 Å². The summed E-state index contributed by atoms with van der Waals surface area (Å²) in [5.41, 5.74) is 1.00. The molecule has 0 N–H and O–H groups in total. The van der Waals surface area contributed by atoms with Crippen LogP contribution in [0.3, 0.4) is 0 Å². The van der Waals surface area contributed by atoms with Crippen LogP contribution in [0, 0.1) is 0 Å². The number of hydrogen-bond acceptors (Lipinski definition) is 4. The summed E-state index contributed by atoms with van der Waals surface area (Å²) in [5, 5.41) is 0. The van der Waals surface area contributed by atoms with E-state index in [1.807, 2.05) is 24.3 Å². The third-order valence-electron chi connectivity index (χ3n) is 4.87. The van der Waals surface area contributed by atoms with Crippen LogP contribution in [0.2, 0.25) is 0 Å². The minimum absolute atomic E-state index is 0.157. The van der Waals surface area contributed by atoms with Crippen LogP contribution in [0.25, 0.3) is 0 Å². The normalized spacial score (nSPS) is 18.9. The summed E-state index contributed by atoms with van der Waals surface area (Å²) in [6, 6.07) is 14.2. The Morgan fingerprint density at radius 1 is 0.846 bits per heavy atom. The first kappa shape index (κ1) is 18.7. The smallest absolute Gasteiger partial charge is 0.243 e. The van der Waals surface area contributed by atoms with Gasteiger partial charge in [0, 0.05) is 6.54 Å². The number of methoxy groups -OCH3 is 2. The van der Waals surface area contributed by atoms with Crippen molar-refractivity contribution in [1.29, 1.82) is 0 Å². The molecular weight excluding hydrogens is 350 g/mol. The van der Waals surface area contributed by atoms with Crippen molar-refractivity contribution in [2.75, 3.05) is 20.8 Å². The predicted molar refractivity (Wildman–Crippen MR) is 101 cm³/mol. The Labute approximate surface area is 155 Å². The van der Waals surface area contributed by atoms with Gasteiger partial charge in [-0.3, -0.25) is 0 Å². The first-order valence-electron chi connectivity index (χ1n) is 8.86. The summed E-state index contributed by atoms with van der Waals surface area (Å²) >= 11 is 0. The Balaban J connectivity index is 1.96. The molecule has 0 radical (unpaired) electrons. The van der Waals surface area contributed by atoms with E-state index in [4.69, 9.17) is 9.47 Å². The van der Waals surface area contributed by atoms with Crippen LogP contribution in [-0.4, -0.2) is 33.5 Å². The molecule has 1 fully saturated rings. The average molecular weight is 375 g/mol. The van der Waals surface area contributed by atoms with Gasteiger partial charge in [0.2, 0.25) is 10.0 Å². The molecule has 140 valence electrons. The van der Waals surface area contributed by atoms with Gasteiger partial charge in [-0.1, -0.05) is 25.0 Å². The standard InChI is InChI=1S/C20H25NO4S/c1-24-17-9-7-16(8-10-17)20-6-4-3-5-15-21(20)26(22,23)19-13-11-18(25-2)12-14-19/h7-14,20H,3-6,15H2,1-2H3/t20-/m1/s1. The fourth-order valence-electron chi connectivity index (χ4n) is 3.41. The van der Waals surface area contributed by atoms with Crippen molar-refractivity contribution >= 4 is 10.0 Å². The van der Waals surface area contributed by atoms with Gasteiger partial charge in [-0.25, -0.2) is 8.42 Å². The Kier molecular flexibility index (Phi) is 5.84. The second kappa shape index (κ2) is 8.10. The van der Waals surface area contributed by atoms with Gasteiger partial charge in [0.1, 0.15) is 11.5 Å². The number of nitrogens with zero attached hydrogens (tertiary/aromatic N) is 1. The lowest BCUT2D eigenvalue weighted by Gasteiger charge is -2.29. The number of benzene rings is 2. The van der Waals surface area contributed by atoms with Crippen LogP contribution < -0.4 is 9.47 Å². The van der Waals surface area contributed by atoms with Gasteiger partial charge in [-0.2, -0.15) is 4.31 Å². The van der Waals surface area contributed by atoms with Crippen molar-refractivity contribution in [2.45, 2.75) is 36.6 Å². The minimum atomic E-state index is -3.58. The van der Waals surface area contributed by atoms with E-state index >= 15 is 0 Å². The number of ether oxygens (including phenoxy) is 2. The lowest BCUT2D eigenvalue weighted by atomic mass is 10.0. The molecule has 0 spiro atoms. The molecule has 0 saturated carbocycles. The molecule has 1 heterocycles. The molecule has 0 bridgehead atoms. The zero-order valence-electron chi connectivity index (χ0n) is 15.2. The maximum absolute atomic E-state index is 13.3. The minimum Gasteiger partial charge on any atom is -0.497 e. The second-order valence-corrected chi connectivity index (χ2v) is 8.32. The van der Waals surface area contributed by atoms with Crippen molar-refractivity contribution in [3.8, 4) is 11.5 Å². The van der Waals surface area contributed by atoms with Crippen molar-refractivity contribution in [2.24, 2.45) is 0 Å². The molecular formula is C20H25NO4S. The quantitative estimate of drug-likeness (QED) is 0.792. The summed E-state index contributed by atoms with van der Waals surface area (Å²) in [5.74, 6) is 1.42. The molecule has 1 atom stereocenters. The van der Waals surface area contributed by atoms with Crippen LogP contribution in [0.15, 0.2) is 53.4 Å². The lowest BCUT2D eigenvalue weighted by Crippen LogP contribution is -2.34. The molecule has 2 aromatic carbocycles. The number of sulfonamides is 1. The Morgan fingerprint density at radius 3 is 2.00 bits per heavy atom. The maximum Gasteiger partial charge on any atom is 0.243 e. The van der Waals surface area contributed by atoms with Gasteiger partial charge in [0.05, 0.1) is 25.2 Å². The van der Waals surface area contributed by atoms with E-state index in [-0.39, 0.29) is 6.04 Å². The highest BCUT2D eigenvalue weighted by molar-refractivity contribution is 7.89. The van der Waals surface area contributed by atoms with Gasteiger partial charge in [-0.15, -0.1) is 0 Å². The van der Waals surface area contributed by atoms with Crippen molar-refractivity contribution in [3.63, 3.8) is 0 Å². The molecule has 0 amide bonds. The van der Waals surface area contributed by atoms with Gasteiger partial charge in [0.15, 0.2) is 0 Å². The topological polar surface area (TPSA) is 55.8 Å². The summed E-state index contributed by atoms with van der Waals surface area (Å²) in [6.45, 7) is 0.533. The molecule has 0 unspecified atom stereocenters. The van der Waals surface area contributed by atoms with Gasteiger partial charge < -0.3 is 9.47 Å². The highest BCUT2D eigenvalue weighted by Crippen LogP contribution is 2.35. The van der Waals surface area contributed by atoms with E-state index in [0.717, 1.165) is 37.0 Å². The summed E-state index contributed by atoms with van der Waals surface area (Å²) < 4.78 is 38.6. The van der Waals surface area contributed by atoms with Gasteiger partial charge >= 0.3 is 0 Å². The number of hydrogen-bond donors (Lipinski definition) is 0. The lowest BCUT2D eigenvalue weighted by molar-refractivity contribution is 0.328. The molecule has 1 saturated heterocycles. The first-order chi connectivity index (χ1) is 12.6. The SMILES string of the molecule is COc1ccc([C@H]2CCCCCN2S(=O)(=O)c2ccc(OC)cc2)cc1. The summed E-state index contributed by atoms with van der Waals surface area (Å²) in [6.07, 6.45) is 3.76. The Hall–Kier alpha value is -2.05. The maximum atomic E-state index is 13.3. The second-order valence-electron chi connectivity index (χ2n) is 6.43. The van der Waals surface area contributed by atoms with Crippen molar-refractivity contribution in [1.82, 2.24) is 4.31 Å². The van der Waals surface area contributed by atoms with Crippen molar-refractivity contribution in [3.05, 3.63) is 54.1 Å². The van der Waals surface area contributed by atoms with E-state index in [1.54, 1.807) is 42.8 Å². The van der Waals surface area contributed by atoms with Crippen molar-refractivity contribution < 1.29 is 17.9 Å².